The van der Waals surface area contributed by atoms with Crippen LogP contribution in [0.15, 0.2) is 36.7 Å². The van der Waals surface area contributed by atoms with E-state index in [0.29, 0.717) is 12.2 Å². The first-order chi connectivity index (χ1) is 11.1. The molecule has 23 heavy (non-hydrogen) atoms. The minimum Gasteiger partial charge on any atom is -0.315 e. The lowest BCUT2D eigenvalue weighted by Gasteiger charge is -2.26. The average Bonchev–Trinajstić information content (AvgIpc) is 2.58. The highest BCUT2D eigenvalue weighted by Gasteiger charge is 2.20. The predicted molar refractivity (Wildman–Crippen MR) is 93.7 cm³/mol. The fourth-order valence-electron chi connectivity index (χ4n) is 2.69. The Hall–Kier alpha value is -2.21. The minimum absolute atomic E-state index is 0.153. The van der Waals surface area contributed by atoms with E-state index in [-0.39, 0.29) is 5.91 Å². The van der Waals surface area contributed by atoms with Gasteiger partial charge in [0.05, 0.1) is 11.9 Å². The van der Waals surface area contributed by atoms with Crippen molar-refractivity contribution in [1.82, 2.24) is 4.98 Å². The molecule has 0 fully saturated rings. The standard InChI is InChI=1S/C17H19N3O2S/c1-3-23(22)19-15-9-14(10-18-11-15)12-4-6-16-13(8-12)5-7-17(21)20(16)2/h4,6,8-11,19H,3,5,7H2,1-2H3. The summed E-state index contributed by atoms with van der Waals surface area (Å²) in [5, 5.41) is 0. The number of nitrogens with zero attached hydrogens (tertiary/aromatic N) is 2. The van der Waals surface area contributed by atoms with E-state index in [2.05, 4.69) is 15.8 Å². The molecule has 2 aromatic rings. The Balaban J connectivity index is 1.92. The molecule has 1 N–H and O–H groups in total. The van der Waals surface area contributed by atoms with Gasteiger partial charge in [-0.05, 0) is 35.7 Å². The van der Waals surface area contributed by atoms with Crippen molar-refractivity contribution in [2.75, 3.05) is 22.4 Å². The number of carbonyl (C=O) groups is 1. The number of pyridine rings is 1. The van der Waals surface area contributed by atoms with E-state index in [4.69, 9.17) is 0 Å². The van der Waals surface area contributed by atoms with Crippen molar-refractivity contribution in [2.24, 2.45) is 0 Å². The Morgan fingerprint density at radius 2 is 2.04 bits per heavy atom. The Morgan fingerprint density at radius 1 is 1.22 bits per heavy atom. The van der Waals surface area contributed by atoms with Gasteiger partial charge in [0.15, 0.2) is 0 Å². The molecule has 1 aliphatic heterocycles. The molecule has 5 nitrogen and oxygen atoms in total. The van der Waals surface area contributed by atoms with Crippen molar-refractivity contribution >= 4 is 28.3 Å². The number of anilines is 2. The first-order valence-electron chi connectivity index (χ1n) is 7.58. The maximum atomic E-state index is 11.8. The molecule has 1 aromatic heterocycles. The van der Waals surface area contributed by atoms with Crippen molar-refractivity contribution in [3.05, 3.63) is 42.2 Å². The molecule has 0 aliphatic carbocycles. The van der Waals surface area contributed by atoms with Crippen molar-refractivity contribution < 1.29 is 9.00 Å². The van der Waals surface area contributed by atoms with E-state index in [1.165, 1.54) is 5.56 Å². The molecule has 120 valence electrons. The second kappa shape index (κ2) is 6.50. The van der Waals surface area contributed by atoms with Crippen molar-refractivity contribution in [3.63, 3.8) is 0 Å². The molecule has 0 saturated heterocycles. The topological polar surface area (TPSA) is 62.3 Å². The molecule has 0 radical (unpaired) electrons. The third kappa shape index (κ3) is 3.27. The molecule has 1 atom stereocenters. The van der Waals surface area contributed by atoms with Gasteiger partial charge in [-0.15, -0.1) is 0 Å². The molecule has 0 saturated carbocycles. The summed E-state index contributed by atoms with van der Waals surface area (Å²) in [5.74, 6) is 0.698. The molecule has 1 aromatic carbocycles. The highest BCUT2D eigenvalue weighted by atomic mass is 32.2. The zero-order valence-electron chi connectivity index (χ0n) is 13.2. The second-order valence-corrected chi connectivity index (χ2v) is 6.97. The molecular weight excluding hydrogens is 310 g/mol. The van der Waals surface area contributed by atoms with Crippen LogP contribution in [0.2, 0.25) is 0 Å². The molecule has 3 rings (SSSR count). The van der Waals surface area contributed by atoms with Gasteiger partial charge in [0.2, 0.25) is 5.91 Å². The van der Waals surface area contributed by atoms with Crippen LogP contribution in [0.5, 0.6) is 0 Å². The fourth-order valence-corrected chi connectivity index (χ4v) is 3.21. The number of nitrogens with one attached hydrogen (secondary N) is 1. The third-order valence-electron chi connectivity index (χ3n) is 3.99. The summed E-state index contributed by atoms with van der Waals surface area (Å²) < 4.78 is 14.6. The molecule has 1 amide bonds. The molecule has 2 heterocycles. The lowest BCUT2D eigenvalue weighted by Crippen LogP contribution is -2.30. The van der Waals surface area contributed by atoms with Gasteiger partial charge in [-0.2, -0.15) is 0 Å². The van der Waals surface area contributed by atoms with Crippen LogP contribution in [0.1, 0.15) is 18.9 Å². The van der Waals surface area contributed by atoms with Gasteiger partial charge in [-0.1, -0.05) is 13.0 Å². The van der Waals surface area contributed by atoms with E-state index in [0.717, 1.165) is 28.9 Å². The molecule has 0 bridgehead atoms. The van der Waals surface area contributed by atoms with E-state index in [1.807, 2.05) is 32.2 Å². The number of hydrogen-bond donors (Lipinski definition) is 1. The van der Waals surface area contributed by atoms with Gasteiger partial charge in [-0.25, -0.2) is 4.21 Å². The minimum atomic E-state index is -1.09. The van der Waals surface area contributed by atoms with Gasteiger partial charge in [0, 0.05) is 36.7 Å². The van der Waals surface area contributed by atoms with Crippen LogP contribution in [0, 0.1) is 0 Å². The van der Waals surface area contributed by atoms with Gasteiger partial charge in [0.25, 0.3) is 0 Å². The van der Waals surface area contributed by atoms with Crippen LogP contribution < -0.4 is 9.62 Å². The van der Waals surface area contributed by atoms with Crippen molar-refractivity contribution in [1.29, 1.82) is 0 Å². The third-order valence-corrected chi connectivity index (χ3v) is 4.98. The van der Waals surface area contributed by atoms with Crippen LogP contribution >= 0.6 is 0 Å². The fraction of sp³-hybridized carbons (Fsp3) is 0.294. The summed E-state index contributed by atoms with van der Waals surface area (Å²) in [6, 6.07) is 8.02. The van der Waals surface area contributed by atoms with Crippen LogP contribution in [-0.2, 0) is 22.2 Å². The summed E-state index contributed by atoms with van der Waals surface area (Å²) in [7, 11) is 0.724. The number of carbonyl (C=O) groups excluding carboxylic acids is 1. The lowest BCUT2D eigenvalue weighted by atomic mass is 9.97. The van der Waals surface area contributed by atoms with Gasteiger partial charge < -0.3 is 9.62 Å². The van der Waals surface area contributed by atoms with Gasteiger partial charge >= 0.3 is 0 Å². The maximum absolute atomic E-state index is 11.8. The Bertz CT molecular complexity index is 776. The second-order valence-electron chi connectivity index (χ2n) is 5.49. The molecule has 0 spiro atoms. The zero-order chi connectivity index (χ0) is 16.4. The number of benzene rings is 1. The summed E-state index contributed by atoms with van der Waals surface area (Å²) >= 11 is 0. The van der Waals surface area contributed by atoms with Crippen LogP contribution in [0.25, 0.3) is 11.1 Å². The SMILES string of the molecule is CCS(=O)Nc1cncc(-c2ccc3c(c2)CCC(=O)N3C)c1. The van der Waals surface area contributed by atoms with E-state index < -0.39 is 11.0 Å². The van der Waals surface area contributed by atoms with E-state index in [9.17, 15) is 9.00 Å². The Labute approximate surface area is 138 Å². The van der Waals surface area contributed by atoms with E-state index >= 15 is 0 Å². The van der Waals surface area contributed by atoms with Crippen molar-refractivity contribution in [2.45, 2.75) is 19.8 Å². The summed E-state index contributed by atoms with van der Waals surface area (Å²) in [6.07, 6.45) is 4.77. The van der Waals surface area contributed by atoms with Crippen LogP contribution in [-0.4, -0.2) is 27.9 Å². The number of rotatable bonds is 4. The van der Waals surface area contributed by atoms with Gasteiger partial charge in [0.1, 0.15) is 11.0 Å². The first kappa shape index (κ1) is 15.7. The first-order valence-corrected chi connectivity index (χ1v) is 8.90. The monoisotopic (exact) mass is 329 g/mol. The summed E-state index contributed by atoms with van der Waals surface area (Å²) in [4.78, 5) is 17.7. The van der Waals surface area contributed by atoms with Crippen molar-refractivity contribution in [3.8, 4) is 11.1 Å². The quantitative estimate of drug-likeness (QED) is 0.938. The average molecular weight is 329 g/mol. The van der Waals surface area contributed by atoms with Crippen LogP contribution in [0.4, 0.5) is 11.4 Å². The van der Waals surface area contributed by atoms with E-state index in [1.54, 1.807) is 17.3 Å². The van der Waals surface area contributed by atoms with Gasteiger partial charge in [-0.3, -0.25) is 9.78 Å². The predicted octanol–water partition coefficient (Wildman–Crippen LogP) is 2.75. The number of aryl methyl sites for hydroxylation is 1. The zero-order valence-corrected chi connectivity index (χ0v) is 14.0. The molecule has 1 unspecified atom stereocenters. The highest BCUT2D eigenvalue weighted by Crippen LogP contribution is 2.31. The lowest BCUT2D eigenvalue weighted by molar-refractivity contribution is -0.118. The molecular formula is C17H19N3O2S. The molecule has 6 heteroatoms. The maximum Gasteiger partial charge on any atom is 0.227 e. The number of fused-ring (bicyclic) bond motifs is 1. The number of hydrogen-bond acceptors (Lipinski definition) is 3. The molecule has 1 aliphatic rings. The van der Waals surface area contributed by atoms with Crippen LogP contribution in [0.3, 0.4) is 0 Å². The summed E-state index contributed by atoms with van der Waals surface area (Å²) in [5.41, 5.74) is 4.89. The Morgan fingerprint density at radius 3 is 2.83 bits per heavy atom. The number of aromatic nitrogens is 1. The number of amides is 1. The smallest absolute Gasteiger partial charge is 0.227 e. The normalized spacial score (nSPS) is 15.2. The highest BCUT2D eigenvalue weighted by molar-refractivity contribution is 7.86. The summed E-state index contributed by atoms with van der Waals surface area (Å²) in [6.45, 7) is 1.86. The largest absolute Gasteiger partial charge is 0.315 e. The Kier molecular flexibility index (Phi) is 4.43.